The molecule has 0 saturated carbocycles. The van der Waals surface area contributed by atoms with Crippen molar-refractivity contribution in [3.05, 3.63) is 29.6 Å². The molecule has 1 rings (SSSR count). The van der Waals surface area contributed by atoms with Crippen LogP contribution in [0.2, 0.25) is 0 Å². The van der Waals surface area contributed by atoms with Gasteiger partial charge in [-0.3, -0.25) is 4.98 Å². The van der Waals surface area contributed by atoms with Gasteiger partial charge in [-0.05, 0) is 38.1 Å². The van der Waals surface area contributed by atoms with Gasteiger partial charge in [0.25, 0.3) is 0 Å². The van der Waals surface area contributed by atoms with E-state index in [2.05, 4.69) is 15.0 Å². The van der Waals surface area contributed by atoms with E-state index < -0.39 is 10.0 Å². The second kappa shape index (κ2) is 7.45. The molecule has 0 aliphatic heterocycles. The number of aryl methyl sites for hydroxylation is 1. The predicted octanol–water partition coefficient (Wildman–Crippen LogP) is 0.809. The molecular weight excluding hydrogens is 250 g/mol. The van der Waals surface area contributed by atoms with Crippen LogP contribution in [0, 0.1) is 6.92 Å². The maximum absolute atomic E-state index is 11.7. The monoisotopic (exact) mass is 271 g/mol. The second-order valence-electron chi connectivity index (χ2n) is 4.15. The third-order valence-electron chi connectivity index (χ3n) is 2.49. The number of pyridine rings is 1. The van der Waals surface area contributed by atoms with Crippen molar-refractivity contribution in [3.63, 3.8) is 0 Å². The molecule has 0 saturated heterocycles. The first-order valence-corrected chi connectivity index (χ1v) is 7.78. The molecular formula is C12H21N3O2S. The zero-order valence-corrected chi connectivity index (χ0v) is 11.8. The van der Waals surface area contributed by atoms with Crippen LogP contribution >= 0.6 is 0 Å². The van der Waals surface area contributed by atoms with Gasteiger partial charge in [-0.25, -0.2) is 13.1 Å². The van der Waals surface area contributed by atoms with E-state index in [1.54, 1.807) is 6.20 Å². The van der Waals surface area contributed by atoms with Crippen molar-refractivity contribution in [2.24, 2.45) is 0 Å². The van der Waals surface area contributed by atoms with Crippen molar-refractivity contribution in [1.82, 2.24) is 15.0 Å². The van der Waals surface area contributed by atoms with Crippen LogP contribution in [0.5, 0.6) is 0 Å². The van der Waals surface area contributed by atoms with Crippen LogP contribution in [0.15, 0.2) is 18.3 Å². The summed E-state index contributed by atoms with van der Waals surface area (Å²) in [5, 5.41) is 3.10. The van der Waals surface area contributed by atoms with Gasteiger partial charge in [-0.1, -0.05) is 13.0 Å². The summed E-state index contributed by atoms with van der Waals surface area (Å²) in [5.41, 5.74) is 1.79. The highest BCUT2D eigenvalue weighted by Crippen LogP contribution is 2.00. The lowest BCUT2D eigenvalue weighted by Crippen LogP contribution is -2.28. The van der Waals surface area contributed by atoms with Crippen LogP contribution in [0.4, 0.5) is 0 Å². The molecule has 0 unspecified atom stereocenters. The van der Waals surface area contributed by atoms with Crippen LogP contribution in [-0.2, 0) is 16.6 Å². The highest BCUT2D eigenvalue weighted by atomic mass is 32.2. The number of rotatable bonds is 8. The summed E-state index contributed by atoms with van der Waals surface area (Å²) in [5.74, 6) is 0.152. The van der Waals surface area contributed by atoms with Gasteiger partial charge in [0, 0.05) is 18.4 Å². The summed E-state index contributed by atoms with van der Waals surface area (Å²) in [7, 11) is -3.19. The minimum absolute atomic E-state index is 0.152. The SMILES string of the molecule is CCNCCCS(=O)(=O)NCc1ccc(C)nc1. The summed E-state index contributed by atoms with van der Waals surface area (Å²) in [6, 6.07) is 3.75. The minimum Gasteiger partial charge on any atom is -0.317 e. The maximum atomic E-state index is 11.7. The number of nitrogens with one attached hydrogen (secondary N) is 2. The molecule has 18 heavy (non-hydrogen) atoms. The lowest BCUT2D eigenvalue weighted by Gasteiger charge is -2.07. The number of nitrogens with zero attached hydrogens (tertiary/aromatic N) is 1. The van der Waals surface area contributed by atoms with E-state index in [0.29, 0.717) is 13.0 Å². The number of aromatic nitrogens is 1. The molecule has 0 fully saturated rings. The summed E-state index contributed by atoms with van der Waals surface area (Å²) in [6.45, 7) is 5.79. The first-order valence-electron chi connectivity index (χ1n) is 6.13. The number of sulfonamides is 1. The zero-order valence-electron chi connectivity index (χ0n) is 10.9. The van der Waals surface area contributed by atoms with Gasteiger partial charge >= 0.3 is 0 Å². The van der Waals surface area contributed by atoms with E-state index in [1.165, 1.54) is 0 Å². The Morgan fingerprint density at radius 3 is 2.72 bits per heavy atom. The molecule has 2 N–H and O–H groups in total. The maximum Gasteiger partial charge on any atom is 0.211 e. The lowest BCUT2D eigenvalue weighted by atomic mass is 10.2. The molecule has 0 spiro atoms. The van der Waals surface area contributed by atoms with Crippen LogP contribution in [0.1, 0.15) is 24.6 Å². The number of hydrogen-bond donors (Lipinski definition) is 2. The Balaban J connectivity index is 2.34. The highest BCUT2D eigenvalue weighted by Gasteiger charge is 2.09. The van der Waals surface area contributed by atoms with Gasteiger partial charge in [0.05, 0.1) is 5.75 Å². The van der Waals surface area contributed by atoms with Crippen LogP contribution in [0.25, 0.3) is 0 Å². The smallest absolute Gasteiger partial charge is 0.211 e. The molecule has 102 valence electrons. The molecule has 0 atom stereocenters. The van der Waals surface area contributed by atoms with E-state index >= 15 is 0 Å². The molecule has 0 aliphatic rings. The Bertz CT molecular complexity index is 443. The van der Waals surface area contributed by atoms with Crippen LogP contribution < -0.4 is 10.0 Å². The first-order chi connectivity index (χ1) is 8.53. The molecule has 1 aromatic rings. The lowest BCUT2D eigenvalue weighted by molar-refractivity contribution is 0.575. The van der Waals surface area contributed by atoms with Crippen LogP contribution in [0.3, 0.4) is 0 Å². The Hall–Kier alpha value is -0.980. The fourth-order valence-corrected chi connectivity index (χ4v) is 2.49. The zero-order chi connectivity index (χ0) is 13.4. The van der Waals surface area contributed by atoms with E-state index in [-0.39, 0.29) is 5.75 Å². The molecule has 0 aliphatic carbocycles. The van der Waals surface area contributed by atoms with Crippen molar-refractivity contribution in [3.8, 4) is 0 Å². The van der Waals surface area contributed by atoms with Crippen LogP contribution in [-0.4, -0.2) is 32.2 Å². The molecule has 0 amide bonds. The Morgan fingerprint density at radius 2 is 2.11 bits per heavy atom. The fraction of sp³-hybridized carbons (Fsp3) is 0.583. The van der Waals surface area contributed by atoms with E-state index in [4.69, 9.17) is 0 Å². The summed E-state index contributed by atoms with van der Waals surface area (Å²) < 4.78 is 25.9. The summed E-state index contributed by atoms with van der Waals surface area (Å²) in [6.07, 6.45) is 2.31. The second-order valence-corrected chi connectivity index (χ2v) is 6.08. The van der Waals surface area contributed by atoms with Crippen molar-refractivity contribution in [1.29, 1.82) is 0 Å². The average molecular weight is 271 g/mol. The average Bonchev–Trinajstić information content (AvgIpc) is 2.34. The molecule has 6 heteroatoms. The van der Waals surface area contributed by atoms with E-state index in [0.717, 1.165) is 24.3 Å². The van der Waals surface area contributed by atoms with Gasteiger partial charge in [0.2, 0.25) is 10.0 Å². The largest absolute Gasteiger partial charge is 0.317 e. The van der Waals surface area contributed by atoms with Gasteiger partial charge in [-0.2, -0.15) is 0 Å². The van der Waals surface area contributed by atoms with Crippen molar-refractivity contribution >= 4 is 10.0 Å². The normalized spacial score (nSPS) is 11.7. The summed E-state index contributed by atoms with van der Waals surface area (Å²) >= 11 is 0. The van der Waals surface area contributed by atoms with Gasteiger partial charge in [0.15, 0.2) is 0 Å². The first kappa shape index (κ1) is 15.1. The minimum atomic E-state index is -3.19. The standard InChI is InChI=1S/C12H21N3O2S/c1-3-13-7-4-8-18(16,17)15-10-12-6-5-11(2)14-9-12/h5-6,9,13,15H,3-4,7-8,10H2,1-2H3. The molecule has 5 nitrogen and oxygen atoms in total. The Labute approximate surface area is 109 Å². The predicted molar refractivity (Wildman–Crippen MR) is 72.8 cm³/mol. The molecule has 0 aromatic carbocycles. The molecule has 0 radical (unpaired) electrons. The van der Waals surface area contributed by atoms with E-state index in [9.17, 15) is 8.42 Å². The third kappa shape index (κ3) is 6.09. The van der Waals surface area contributed by atoms with Gasteiger partial charge in [0.1, 0.15) is 0 Å². The highest BCUT2D eigenvalue weighted by molar-refractivity contribution is 7.89. The molecule has 0 bridgehead atoms. The van der Waals surface area contributed by atoms with Crippen molar-refractivity contribution < 1.29 is 8.42 Å². The molecule has 1 aromatic heterocycles. The molecule has 1 heterocycles. The Kier molecular flexibility index (Phi) is 6.24. The van der Waals surface area contributed by atoms with Gasteiger partial charge < -0.3 is 5.32 Å². The third-order valence-corrected chi connectivity index (χ3v) is 3.90. The number of hydrogen-bond acceptors (Lipinski definition) is 4. The van der Waals surface area contributed by atoms with Crippen molar-refractivity contribution in [2.45, 2.75) is 26.8 Å². The van der Waals surface area contributed by atoms with Gasteiger partial charge in [-0.15, -0.1) is 0 Å². The van der Waals surface area contributed by atoms with E-state index in [1.807, 2.05) is 26.0 Å². The topological polar surface area (TPSA) is 71.1 Å². The fourth-order valence-electron chi connectivity index (χ4n) is 1.43. The van der Waals surface area contributed by atoms with Crippen molar-refractivity contribution in [2.75, 3.05) is 18.8 Å². The quantitative estimate of drug-likeness (QED) is 0.686. The summed E-state index contributed by atoms with van der Waals surface area (Å²) in [4.78, 5) is 4.12. The Morgan fingerprint density at radius 1 is 1.33 bits per heavy atom.